The van der Waals surface area contributed by atoms with E-state index in [-0.39, 0.29) is 0 Å². The molecule has 0 radical (unpaired) electrons. The van der Waals surface area contributed by atoms with Crippen molar-refractivity contribution in [1.82, 2.24) is 4.90 Å². The molecule has 16 heavy (non-hydrogen) atoms. The topological polar surface area (TPSA) is 12.5 Å². The molecule has 86 valence electrons. The number of para-hydroxylation sites is 1. The molecule has 2 heteroatoms. The molecule has 2 rings (SSSR count). The quantitative estimate of drug-likeness (QED) is 0.752. The molecule has 0 spiro atoms. The zero-order chi connectivity index (χ0) is 11.5. The number of benzene rings is 1. The first-order valence-electron chi connectivity index (χ1n) is 5.89. The predicted molar refractivity (Wildman–Crippen MR) is 66.3 cm³/mol. The maximum absolute atomic E-state index is 5.76. The van der Waals surface area contributed by atoms with Gasteiger partial charge in [-0.2, -0.15) is 0 Å². The Hall–Kier alpha value is -1.44. The number of fused-ring (bicyclic) bond motifs is 1. The fraction of sp³-hybridized carbons (Fsp3) is 0.429. The molecule has 0 saturated heterocycles. The highest BCUT2D eigenvalue weighted by Crippen LogP contribution is 2.29. The molecule has 0 atom stereocenters. The van der Waals surface area contributed by atoms with Gasteiger partial charge in [-0.3, -0.25) is 0 Å². The molecule has 0 unspecified atom stereocenters. The van der Waals surface area contributed by atoms with E-state index in [1.54, 1.807) is 0 Å². The summed E-state index contributed by atoms with van der Waals surface area (Å²) in [5.74, 6) is 1.03. The van der Waals surface area contributed by atoms with Crippen LogP contribution in [0.5, 0.6) is 5.75 Å². The Labute approximate surface area is 97.5 Å². The second-order valence-corrected chi connectivity index (χ2v) is 4.36. The molecule has 1 aliphatic rings. The van der Waals surface area contributed by atoms with Crippen molar-refractivity contribution in [1.29, 1.82) is 0 Å². The van der Waals surface area contributed by atoms with Crippen molar-refractivity contribution in [2.45, 2.75) is 33.7 Å². The monoisotopic (exact) mass is 217 g/mol. The van der Waals surface area contributed by atoms with Crippen LogP contribution in [0.2, 0.25) is 0 Å². The standard InChI is InChI=1S/C14H19NO/c1-4-8-15-9-13-7-5-6-11(2)14(13)16-10-12(15)3/h5-7,10H,4,8-9H2,1-3H3. The molecule has 2 nitrogen and oxygen atoms in total. The van der Waals surface area contributed by atoms with Crippen LogP contribution in [0.3, 0.4) is 0 Å². The molecule has 0 bridgehead atoms. The van der Waals surface area contributed by atoms with Gasteiger partial charge in [0.05, 0.1) is 0 Å². The number of hydrogen-bond acceptors (Lipinski definition) is 2. The molecule has 0 N–H and O–H groups in total. The van der Waals surface area contributed by atoms with E-state index in [9.17, 15) is 0 Å². The van der Waals surface area contributed by atoms with Crippen LogP contribution in [0.4, 0.5) is 0 Å². The number of rotatable bonds is 2. The third kappa shape index (κ3) is 2.06. The average molecular weight is 217 g/mol. The van der Waals surface area contributed by atoms with Crippen molar-refractivity contribution in [2.75, 3.05) is 6.54 Å². The van der Waals surface area contributed by atoms with Crippen LogP contribution in [0.15, 0.2) is 30.2 Å². The minimum absolute atomic E-state index is 0.952. The van der Waals surface area contributed by atoms with E-state index >= 15 is 0 Å². The summed E-state index contributed by atoms with van der Waals surface area (Å²) in [5.41, 5.74) is 3.69. The summed E-state index contributed by atoms with van der Waals surface area (Å²) >= 11 is 0. The number of aryl methyl sites for hydroxylation is 1. The van der Waals surface area contributed by atoms with E-state index < -0.39 is 0 Å². The highest BCUT2D eigenvalue weighted by Gasteiger charge is 2.15. The van der Waals surface area contributed by atoms with Crippen molar-refractivity contribution in [2.24, 2.45) is 0 Å². The molecule has 0 aromatic heterocycles. The molecular formula is C14H19NO. The zero-order valence-corrected chi connectivity index (χ0v) is 10.3. The van der Waals surface area contributed by atoms with E-state index in [1.807, 2.05) is 6.26 Å². The van der Waals surface area contributed by atoms with Gasteiger partial charge in [0, 0.05) is 24.4 Å². The molecule has 0 amide bonds. The van der Waals surface area contributed by atoms with Crippen LogP contribution >= 0.6 is 0 Å². The molecule has 1 heterocycles. The Morgan fingerprint density at radius 3 is 2.88 bits per heavy atom. The van der Waals surface area contributed by atoms with Gasteiger partial charge in [0.2, 0.25) is 0 Å². The van der Waals surface area contributed by atoms with Gasteiger partial charge in [0.1, 0.15) is 12.0 Å². The van der Waals surface area contributed by atoms with E-state index in [0.29, 0.717) is 0 Å². The molecule has 0 saturated carbocycles. The minimum atomic E-state index is 0.952. The summed E-state index contributed by atoms with van der Waals surface area (Å²) in [7, 11) is 0. The van der Waals surface area contributed by atoms with Gasteiger partial charge in [0.15, 0.2) is 0 Å². The predicted octanol–water partition coefficient (Wildman–Crippen LogP) is 3.46. The molecule has 1 aromatic carbocycles. The van der Waals surface area contributed by atoms with E-state index in [0.717, 1.165) is 25.3 Å². The molecule has 0 aliphatic carbocycles. The lowest BCUT2D eigenvalue weighted by molar-refractivity contribution is 0.336. The van der Waals surface area contributed by atoms with E-state index in [1.165, 1.54) is 16.8 Å². The molecular weight excluding hydrogens is 198 g/mol. The summed E-state index contributed by atoms with van der Waals surface area (Å²) in [6.45, 7) is 8.44. The van der Waals surface area contributed by atoms with E-state index in [4.69, 9.17) is 4.74 Å². The maximum atomic E-state index is 5.76. The van der Waals surface area contributed by atoms with Gasteiger partial charge in [-0.15, -0.1) is 0 Å². The maximum Gasteiger partial charge on any atom is 0.134 e. The molecule has 1 aromatic rings. The number of hydrogen-bond donors (Lipinski definition) is 0. The van der Waals surface area contributed by atoms with Gasteiger partial charge in [-0.25, -0.2) is 0 Å². The van der Waals surface area contributed by atoms with Gasteiger partial charge >= 0.3 is 0 Å². The molecule has 0 fully saturated rings. The SMILES string of the molecule is CCCN1Cc2cccc(C)c2OC=C1C. The number of allylic oxidation sites excluding steroid dienone is 1. The second kappa shape index (κ2) is 4.60. The lowest BCUT2D eigenvalue weighted by atomic mass is 10.1. The van der Waals surface area contributed by atoms with Crippen LogP contribution in [0.25, 0.3) is 0 Å². The van der Waals surface area contributed by atoms with Gasteiger partial charge in [0.25, 0.3) is 0 Å². The van der Waals surface area contributed by atoms with Crippen LogP contribution in [0.1, 0.15) is 31.4 Å². The summed E-state index contributed by atoms with van der Waals surface area (Å²) in [5, 5.41) is 0. The summed E-state index contributed by atoms with van der Waals surface area (Å²) in [4.78, 5) is 2.37. The molecule has 1 aliphatic heterocycles. The minimum Gasteiger partial charge on any atom is -0.463 e. The second-order valence-electron chi connectivity index (χ2n) is 4.36. The van der Waals surface area contributed by atoms with Crippen molar-refractivity contribution >= 4 is 0 Å². The summed E-state index contributed by atoms with van der Waals surface area (Å²) in [6, 6.07) is 6.34. The first kappa shape index (κ1) is 11.1. The van der Waals surface area contributed by atoms with Crippen LogP contribution in [-0.2, 0) is 6.54 Å². The normalized spacial score (nSPS) is 14.9. The Morgan fingerprint density at radius 1 is 1.31 bits per heavy atom. The number of nitrogens with zero attached hydrogens (tertiary/aromatic N) is 1. The first-order chi connectivity index (χ1) is 7.72. The third-order valence-corrected chi connectivity index (χ3v) is 2.99. The largest absolute Gasteiger partial charge is 0.463 e. The van der Waals surface area contributed by atoms with Crippen molar-refractivity contribution in [3.05, 3.63) is 41.3 Å². The highest BCUT2D eigenvalue weighted by molar-refractivity contribution is 5.42. The Kier molecular flexibility index (Phi) is 3.18. The lowest BCUT2D eigenvalue weighted by Crippen LogP contribution is -2.21. The Balaban J connectivity index is 2.33. The van der Waals surface area contributed by atoms with Crippen molar-refractivity contribution in [3.63, 3.8) is 0 Å². The fourth-order valence-corrected chi connectivity index (χ4v) is 2.08. The third-order valence-electron chi connectivity index (χ3n) is 2.99. The van der Waals surface area contributed by atoms with Gasteiger partial charge in [-0.05, 0) is 25.8 Å². The number of ether oxygens (including phenoxy) is 1. The highest BCUT2D eigenvalue weighted by atomic mass is 16.5. The van der Waals surface area contributed by atoms with Crippen molar-refractivity contribution < 1.29 is 4.74 Å². The Bertz CT molecular complexity index is 409. The van der Waals surface area contributed by atoms with Gasteiger partial charge < -0.3 is 9.64 Å². The van der Waals surface area contributed by atoms with Crippen LogP contribution < -0.4 is 4.74 Å². The average Bonchev–Trinajstić information content (AvgIpc) is 2.41. The first-order valence-corrected chi connectivity index (χ1v) is 5.89. The summed E-state index contributed by atoms with van der Waals surface area (Å²) in [6.07, 6.45) is 3.03. The lowest BCUT2D eigenvalue weighted by Gasteiger charge is -2.22. The summed E-state index contributed by atoms with van der Waals surface area (Å²) < 4.78 is 5.76. The van der Waals surface area contributed by atoms with Crippen LogP contribution in [-0.4, -0.2) is 11.4 Å². The van der Waals surface area contributed by atoms with Crippen molar-refractivity contribution in [3.8, 4) is 5.75 Å². The fourth-order valence-electron chi connectivity index (χ4n) is 2.08. The van der Waals surface area contributed by atoms with Gasteiger partial charge in [-0.1, -0.05) is 25.1 Å². The smallest absolute Gasteiger partial charge is 0.134 e. The van der Waals surface area contributed by atoms with E-state index in [2.05, 4.69) is 43.9 Å². The Morgan fingerprint density at radius 2 is 2.12 bits per heavy atom. The van der Waals surface area contributed by atoms with Crippen LogP contribution in [0, 0.1) is 6.92 Å². The zero-order valence-electron chi connectivity index (χ0n) is 10.3.